The lowest BCUT2D eigenvalue weighted by Crippen LogP contribution is -2.05. The minimum absolute atomic E-state index is 0.0302. The fraction of sp³-hybridized carbons (Fsp3) is 0.0526. The molecule has 0 bridgehead atoms. The lowest BCUT2D eigenvalue weighted by molar-refractivity contribution is -0.137. The molecule has 1 heterocycles. The van der Waals surface area contributed by atoms with Crippen LogP contribution < -0.4 is 5.73 Å². The maximum atomic E-state index is 13.0. The number of rotatable bonds is 2. The van der Waals surface area contributed by atoms with Gasteiger partial charge in [0, 0.05) is 15.6 Å². The first-order valence-electron chi connectivity index (χ1n) is 7.44. The van der Waals surface area contributed by atoms with Crippen LogP contribution in [0, 0.1) is 11.3 Å². The molecule has 1 aromatic heterocycles. The van der Waals surface area contributed by atoms with Gasteiger partial charge in [-0.25, -0.2) is 4.98 Å². The second kappa shape index (κ2) is 6.81. The average molecular weight is 418 g/mol. The van der Waals surface area contributed by atoms with Crippen LogP contribution in [0.5, 0.6) is 0 Å². The summed E-state index contributed by atoms with van der Waals surface area (Å²) in [5, 5.41) is 9.40. The van der Waals surface area contributed by atoms with Crippen molar-refractivity contribution in [3.8, 4) is 28.5 Å². The predicted molar refractivity (Wildman–Crippen MR) is 96.9 cm³/mol. The van der Waals surface area contributed by atoms with Crippen LogP contribution in [0.4, 0.5) is 19.0 Å². The number of nitrogens with zero attached hydrogens (tertiary/aromatic N) is 2. The molecule has 0 amide bonds. The van der Waals surface area contributed by atoms with E-state index in [0.717, 1.165) is 22.2 Å². The summed E-state index contributed by atoms with van der Waals surface area (Å²) in [6.07, 6.45) is -4.48. The van der Waals surface area contributed by atoms with Gasteiger partial charge < -0.3 is 5.73 Å². The van der Waals surface area contributed by atoms with Gasteiger partial charge in [-0.1, -0.05) is 40.2 Å². The Morgan fingerprint density at radius 1 is 1.00 bits per heavy atom. The van der Waals surface area contributed by atoms with Crippen LogP contribution >= 0.6 is 15.9 Å². The van der Waals surface area contributed by atoms with Crippen molar-refractivity contribution in [2.75, 3.05) is 5.73 Å². The van der Waals surface area contributed by atoms with E-state index in [1.54, 1.807) is 18.2 Å². The van der Waals surface area contributed by atoms with Gasteiger partial charge in [0.05, 0.1) is 11.3 Å². The van der Waals surface area contributed by atoms with Crippen molar-refractivity contribution < 1.29 is 13.2 Å². The number of halogens is 4. The summed E-state index contributed by atoms with van der Waals surface area (Å²) in [7, 11) is 0. The Bertz CT molecular complexity index is 1020. The number of nitriles is 1. The number of hydrogen-bond acceptors (Lipinski definition) is 3. The molecule has 0 fully saturated rings. The Kier molecular flexibility index (Phi) is 4.70. The van der Waals surface area contributed by atoms with Gasteiger partial charge in [0.25, 0.3) is 0 Å². The van der Waals surface area contributed by atoms with Crippen molar-refractivity contribution in [1.82, 2.24) is 4.98 Å². The maximum absolute atomic E-state index is 13.0. The molecule has 3 rings (SSSR count). The molecule has 0 unspecified atom stereocenters. The van der Waals surface area contributed by atoms with Gasteiger partial charge in [0.1, 0.15) is 17.5 Å². The third kappa shape index (κ3) is 3.55. The zero-order chi connectivity index (χ0) is 18.9. The molecular weight excluding hydrogens is 407 g/mol. The van der Waals surface area contributed by atoms with Crippen LogP contribution in [-0.2, 0) is 6.18 Å². The Hall–Kier alpha value is -2.85. The zero-order valence-electron chi connectivity index (χ0n) is 13.2. The highest BCUT2D eigenvalue weighted by Crippen LogP contribution is 2.35. The summed E-state index contributed by atoms with van der Waals surface area (Å²) in [5.74, 6) is -0.0302. The van der Waals surface area contributed by atoms with Crippen LogP contribution in [0.15, 0.2) is 59.1 Å². The van der Waals surface area contributed by atoms with E-state index in [4.69, 9.17) is 5.73 Å². The largest absolute Gasteiger partial charge is 0.416 e. The van der Waals surface area contributed by atoms with Crippen LogP contribution in [-0.4, -0.2) is 4.98 Å². The molecule has 3 nitrogen and oxygen atoms in total. The maximum Gasteiger partial charge on any atom is 0.416 e. The van der Waals surface area contributed by atoms with Gasteiger partial charge in [0.2, 0.25) is 0 Å². The quantitative estimate of drug-likeness (QED) is 0.585. The summed E-state index contributed by atoms with van der Waals surface area (Å²) in [6.45, 7) is 0. The van der Waals surface area contributed by atoms with Gasteiger partial charge in [-0.3, -0.25) is 0 Å². The molecule has 7 heteroatoms. The number of hydrogen-bond donors (Lipinski definition) is 1. The van der Waals surface area contributed by atoms with E-state index < -0.39 is 11.7 Å². The lowest BCUT2D eigenvalue weighted by Gasteiger charge is -2.12. The highest BCUT2D eigenvalue weighted by atomic mass is 79.9. The fourth-order valence-electron chi connectivity index (χ4n) is 2.57. The summed E-state index contributed by atoms with van der Waals surface area (Å²) >= 11 is 3.36. The van der Waals surface area contributed by atoms with Gasteiger partial charge in [0.15, 0.2) is 0 Å². The number of nitrogens with two attached hydrogens (primary N) is 1. The minimum atomic E-state index is -4.48. The van der Waals surface area contributed by atoms with Crippen molar-refractivity contribution in [1.29, 1.82) is 5.26 Å². The first kappa shape index (κ1) is 18.0. The summed E-state index contributed by atoms with van der Waals surface area (Å²) in [5.41, 5.74) is 6.90. The Balaban J connectivity index is 2.23. The molecule has 0 aliphatic rings. The van der Waals surface area contributed by atoms with E-state index in [0.29, 0.717) is 11.3 Å². The number of anilines is 1. The predicted octanol–water partition coefficient (Wildman–Crippen LogP) is 5.65. The Morgan fingerprint density at radius 2 is 1.69 bits per heavy atom. The first-order valence-corrected chi connectivity index (χ1v) is 8.23. The molecule has 0 aliphatic carbocycles. The summed E-state index contributed by atoms with van der Waals surface area (Å²) in [4.78, 5) is 4.22. The van der Waals surface area contributed by atoms with Crippen molar-refractivity contribution in [2.45, 2.75) is 6.18 Å². The SMILES string of the molecule is N#Cc1c(-c2cccc(C(F)(F)F)c2)cc(-c2cccc(Br)c2)nc1N. The van der Waals surface area contributed by atoms with Crippen molar-refractivity contribution >= 4 is 21.7 Å². The molecule has 26 heavy (non-hydrogen) atoms. The molecule has 0 spiro atoms. The topological polar surface area (TPSA) is 62.7 Å². The first-order chi connectivity index (χ1) is 12.3. The van der Waals surface area contributed by atoms with Crippen LogP contribution in [0.25, 0.3) is 22.4 Å². The summed E-state index contributed by atoms with van der Waals surface area (Å²) in [6, 6.07) is 15.6. The second-order valence-corrected chi connectivity index (χ2v) is 6.43. The second-order valence-electron chi connectivity index (χ2n) is 5.52. The van der Waals surface area contributed by atoms with Crippen molar-refractivity contribution in [2.24, 2.45) is 0 Å². The number of nitrogen functional groups attached to an aromatic ring is 1. The average Bonchev–Trinajstić information content (AvgIpc) is 2.60. The van der Waals surface area contributed by atoms with Gasteiger partial charge in [-0.05, 0) is 35.9 Å². The lowest BCUT2D eigenvalue weighted by atomic mass is 9.97. The molecule has 0 radical (unpaired) electrons. The van der Waals surface area contributed by atoms with E-state index in [1.165, 1.54) is 12.1 Å². The van der Waals surface area contributed by atoms with E-state index >= 15 is 0 Å². The minimum Gasteiger partial charge on any atom is -0.383 e. The summed E-state index contributed by atoms with van der Waals surface area (Å²) < 4.78 is 39.9. The number of pyridine rings is 1. The van der Waals surface area contributed by atoms with Crippen LogP contribution in [0.3, 0.4) is 0 Å². The fourth-order valence-corrected chi connectivity index (χ4v) is 2.97. The standard InChI is InChI=1S/C19H11BrF3N3/c20-14-6-2-4-12(8-14)17-9-15(16(10-24)18(25)26-17)11-3-1-5-13(7-11)19(21,22)23/h1-9H,(H2,25,26). The number of alkyl halides is 3. The van der Waals surface area contributed by atoms with Gasteiger partial charge >= 0.3 is 6.18 Å². The van der Waals surface area contributed by atoms with Crippen molar-refractivity contribution in [3.05, 3.63) is 70.2 Å². The molecule has 0 saturated carbocycles. The molecule has 0 saturated heterocycles. The Morgan fingerprint density at radius 3 is 2.35 bits per heavy atom. The highest BCUT2D eigenvalue weighted by Gasteiger charge is 2.30. The zero-order valence-corrected chi connectivity index (χ0v) is 14.8. The Labute approximate surface area is 156 Å². The molecule has 2 N–H and O–H groups in total. The van der Waals surface area contributed by atoms with Crippen LogP contribution in [0.2, 0.25) is 0 Å². The normalized spacial score (nSPS) is 11.2. The van der Waals surface area contributed by atoms with Crippen molar-refractivity contribution in [3.63, 3.8) is 0 Å². The molecule has 0 atom stereocenters. The molecular formula is C19H11BrF3N3. The van der Waals surface area contributed by atoms with Gasteiger partial charge in [-0.15, -0.1) is 0 Å². The number of aromatic nitrogens is 1. The molecule has 3 aromatic rings. The third-order valence-electron chi connectivity index (χ3n) is 3.78. The van der Waals surface area contributed by atoms with E-state index in [-0.39, 0.29) is 16.9 Å². The van der Waals surface area contributed by atoms with E-state index in [2.05, 4.69) is 20.9 Å². The van der Waals surface area contributed by atoms with E-state index in [1.807, 2.05) is 18.2 Å². The monoisotopic (exact) mass is 417 g/mol. The van der Waals surface area contributed by atoms with Crippen LogP contribution in [0.1, 0.15) is 11.1 Å². The molecule has 130 valence electrons. The highest BCUT2D eigenvalue weighted by molar-refractivity contribution is 9.10. The van der Waals surface area contributed by atoms with E-state index in [9.17, 15) is 18.4 Å². The molecule has 2 aromatic carbocycles. The number of benzene rings is 2. The third-order valence-corrected chi connectivity index (χ3v) is 4.27. The smallest absolute Gasteiger partial charge is 0.383 e. The molecule has 0 aliphatic heterocycles. The van der Waals surface area contributed by atoms with Gasteiger partial charge in [-0.2, -0.15) is 18.4 Å².